The van der Waals surface area contributed by atoms with Gasteiger partial charge in [0.2, 0.25) is 20.0 Å². The van der Waals surface area contributed by atoms with Crippen molar-refractivity contribution < 1.29 is 21.6 Å². The van der Waals surface area contributed by atoms with Crippen LogP contribution in [0.3, 0.4) is 0 Å². The standard InChI is InChI=1S/C15H25N3O5S2.ClH/c1-4-24(19,20)17-12-7-8-15(14(10-12)23-3)25(21,22)18-13-6-5-9-16-11(13)2;/h7-8,10-11,13,16-18H,4-6,9H2,1-3H3;1H. The summed E-state index contributed by atoms with van der Waals surface area (Å²) in [6.45, 7) is 4.32. The second kappa shape index (κ2) is 9.23. The van der Waals surface area contributed by atoms with Crippen LogP contribution in [0.4, 0.5) is 5.69 Å². The quantitative estimate of drug-likeness (QED) is 0.604. The molecule has 0 aliphatic carbocycles. The summed E-state index contributed by atoms with van der Waals surface area (Å²) in [4.78, 5) is -0.0211. The number of benzene rings is 1. The summed E-state index contributed by atoms with van der Waals surface area (Å²) in [7, 11) is -5.90. The Balaban J connectivity index is 0.00000338. The first-order valence-electron chi connectivity index (χ1n) is 8.13. The van der Waals surface area contributed by atoms with Crippen molar-refractivity contribution in [2.45, 2.75) is 43.7 Å². The Morgan fingerprint density at radius 2 is 1.96 bits per heavy atom. The monoisotopic (exact) mass is 427 g/mol. The normalized spacial score (nSPS) is 20.9. The van der Waals surface area contributed by atoms with Gasteiger partial charge < -0.3 is 10.1 Å². The Bertz CT molecular complexity index is 815. The van der Waals surface area contributed by atoms with Crippen LogP contribution in [0.15, 0.2) is 23.1 Å². The number of piperidine rings is 1. The molecule has 1 aromatic carbocycles. The molecule has 1 heterocycles. The van der Waals surface area contributed by atoms with E-state index >= 15 is 0 Å². The molecule has 0 bridgehead atoms. The minimum absolute atomic E-state index is 0. The van der Waals surface area contributed by atoms with Crippen LogP contribution in [0.5, 0.6) is 5.75 Å². The summed E-state index contributed by atoms with van der Waals surface area (Å²) in [6, 6.07) is 3.94. The van der Waals surface area contributed by atoms with Crippen molar-refractivity contribution >= 4 is 38.1 Å². The number of hydrogen-bond acceptors (Lipinski definition) is 6. The first-order chi connectivity index (χ1) is 11.7. The van der Waals surface area contributed by atoms with Crippen LogP contribution in [0.1, 0.15) is 26.7 Å². The Kier molecular flexibility index (Phi) is 8.15. The molecule has 8 nitrogen and oxygen atoms in total. The van der Waals surface area contributed by atoms with Gasteiger partial charge in [-0.25, -0.2) is 21.6 Å². The van der Waals surface area contributed by atoms with Gasteiger partial charge in [-0.15, -0.1) is 12.4 Å². The molecule has 2 rings (SSSR count). The van der Waals surface area contributed by atoms with E-state index in [0.717, 1.165) is 19.4 Å². The molecule has 1 fully saturated rings. The van der Waals surface area contributed by atoms with Gasteiger partial charge in [-0.2, -0.15) is 0 Å². The molecule has 1 aliphatic heterocycles. The third-order valence-electron chi connectivity index (χ3n) is 4.17. The predicted molar refractivity (Wildman–Crippen MR) is 104 cm³/mol. The molecule has 1 aromatic rings. The molecule has 3 N–H and O–H groups in total. The van der Waals surface area contributed by atoms with Crippen molar-refractivity contribution in [3.63, 3.8) is 0 Å². The minimum atomic E-state index is -3.79. The van der Waals surface area contributed by atoms with Crippen LogP contribution in [0, 0.1) is 0 Å². The van der Waals surface area contributed by atoms with Crippen molar-refractivity contribution in [3.8, 4) is 5.75 Å². The van der Waals surface area contributed by atoms with Gasteiger partial charge in [0.05, 0.1) is 18.6 Å². The Labute approximate surface area is 161 Å². The number of rotatable bonds is 7. The van der Waals surface area contributed by atoms with Crippen LogP contribution in [0.25, 0.3) is 0 Å². The summed E-state index contributed by atoms with van der Waals surface area (Å²) < 4.78 is 59.0. The highest BCUT2D eigenvalue weighted by atomic mass is 35.5. The summed E-state index contributed by atoms with van der Waals surface area (Å²) in [5, 5.41) is 3.24. The van der Waals surface area contributed by atoms with E-state index in [0.29, 0.717) is 0 Å². The molecule has 0 radical (unpaired) electrons. The van der Waals surface area contributed by atoms with E-state index in [9.17, 15) is 16.8 Å². The van der Waals surface area contributed by atoms with E-state index in [1.807, 2.05) is 6.92 Å². The van der Waals surface area contributed by atoms with E-state index in [1.54, 1.807) is 0 Å². The van der Waals surface area contributed by atoms with Crippen LogP contribution in [-0.4, -0.2) is 48.3 Å². The zero-order valence-corrected chi connectivity index (χ0v) is 17.4. The lowest BCUT2D eigenvalue weighted by Crippen LogP contribution is -2.51. The largest absolute Gasteiger partial charge is 0.495 e. The Morgan fingerprint density at radius 3 is 2.54 bits per heavy atom. The topological polar surface area (TPSA) is 114 Å². The molecule has 0 aromatic heterocycles. The fourth-order valence-electron chi connectivity index (χ4n) is 2.67. The Hall–Kier alpha value is -1.07. The maximum absolute atomic E-state index is 12.7. The maximum Gasteiger partial charge on any atom is 0.244 e. The molecule has 0 amide bonds. The van der Waals surface area contributed by atoms with E-state index in [2.05, 4.69) is 14.8 Å². The third-order valence-corrected chi connectivity index (χ3v) is 7.01. The summed E-state index contributed by atoms with van der Waals surface area (Å²) >= 11 is 0. The van der Waals surface area contributed by atoms with E-state index < -0.39 is 20.0 Å². The lowest BCUT2D eigenvalue weighted by molar-refractivity contribution is 0.348. The summed E-state index contributed by atoms with van der Waals surface area (Å²) in [5.74, 6) is 0.00367. The predicted octanol–water partition coefficient (Wildman–Crippen LogP) is 1.30. The number of ether oxygens (including phenoxy) is 1. The van der Waals surface area contributed by atoms with Gasteiger partial charge in [-0.1, -0.05) is 0 Å². The highest BCUT2D eigenvalue weighted by Gasteiger charge is 2.28. The fraction of sp³-hybridized carbons (Fsp3) is 0.600. The molecule has 1 saturated heterocycles. The number of hydrogen-bond donors (Lipinski definition) is 3. The van der Waals surface area contributed by atoms with Gasteiger partial charge in [-0.3, -0.25) is 4.72 Å². The molecule has 0 saturated carbocycles. The minimum Gasteiger partial charge on any atom is -0.495 e. The van der Waals surface area contributed by atoms with Crippen molar-refractivity contribution in [1.29, 1.82) is 0 Å². The highest BCUT2D eigenvalue weighted by Crippen LogP contribution is 2.28. The first kappa shape index (κ1) is 23.0. The molecule has 150 valence electrons. The fourth-order valence-corrected chi connectivity index (χ4v) is 4.80. The zero-order chi connectivity index (χ0) is 18.7. The Morgan fingerprint density at radius 1 is 1.27 bits per heavy atom. The molecule has 2 unspecified atom stereocenters. The lowest BCUT2D eigenvalue weighted by atomic mass is 10.0. The molecule has 1 aliphatic rings. The van der Waals surface area contributed by atoms with Crippen molar-refractivity contribution in [2.24, 2.45) is 0 Å². The van der Waals surface area contributed by atoms with Gasteiger partial charge in [-0.05, 0) is 45.4 Å². The van der Waals surface area contributed by atoms with Crippen molar-refractivity contribution in [3.05, 3.63) is 18.2 Å². The smallest absolute Gasteiger partial charge is 0.244 e. The number of halogens is 1. The SMILES string of the molecule is CCS(=O)(=O)Nc1ccc(S(=O)(=O)NC2CCCNC2C)c(OC)c1.Cl. The van der Waals surface area contributed by atoms with E-state index in [4.69, 9.17) is 4.74 Å². The second-order valence-electron chi connectivity index (χ2n) is 5.98. The van der Waals surface area contributed by atoms with E-state index in [-0.39, 0.29) is 46.6 Å². The van der Waals surface area contributed by atoms with Crippen molar-refractivity contribution in [1.82, 2.24) is 10.0 Å². The maximum atomic E-state index is 12.7. The average molecular weight is 428 g/mol. The highest BCUT2D eigenvalue weighted by molar-refractivity contribution is 7.92. The molecule has 26 heavy (non-hydrogen) atoms. The molecular weight excluding hydrogens is 402 g/mol. The molecule has 11 heteroatoms. The summed E-state index contributed by atoms with van der Waals surface area (Å²) in [5.41, 5.74) is 0.255. The number of nitrogens with one attached hydrogen (secondary N) is 3. The molecule has 2 atom stereocenters. The van der Waals surface area contributed by atoms with Gasteiger partial charge in [0, 0.05) is 18.2 Å². The number of anilines is 1. The number of methoxy groups -OCH3 is 1. The van der Waals surface area contributed by atoms with Crippen LogP contribution in [0.2, 0.25) is 0 Å². The summed E-state index contributed by atoms with van der Waals surface area (Å²) in [6.07, 6.45) is 1.65. The molecular formula is C15H26ClN3O5S2. The van der Waals surface area contributed by atoms with Crippen LogP contribution >= 0.6 is 12.4 Å². The van der Waals surface area contributed by atoms with Gasteiger partial charge in [0.25, 0.3) is 0 Å². The van der Waals surface area contributed by atoms with Crippen LogP contribution in [-0.2, 0) is 20.0 Å². The molecule has 0 spiro atoms. The van der Waals surface area contributed by atoms with Gasteiger partial charge >= 0.3 is 0 Å². The first-order valence-corrected chi connectivity index (χ1v) is 11.3. The second-order valence-corrected chi connectivity index (χ2v) is 9.68. The zero-order valence-electron chi connectivity index (χ0n) is 15.0. The average Bonchev–Trinajstić information content (AvgIpc) is 2.56. The van der Waals surface area contributed by atoms with Crippen LogP contribution < -0.4 is 19.5 Å². The van der Waals surface area contributed by atoms with Gasteiger partial charge in [0.15, 0.2) is 0 Å². The third kappa shape index (κ3) is 5.71. The lowest BCUT2D eigenvalue weighted by Gasteiger charge is -2.30. The van der Waals surface area contributed by atoms with Crippen molar-refractivity contribution in [2.75, 3.05) is 24.1 Å². The number of sulfonamides is 2. The van der Waals surface area contributed by atoms with E-state index in [1.165, 1.54) is 32.2 Å². The van der Waals surface area contributed by atoms with Gasteiger partial charge in [0.1, 0.15) is 10.6 Å².